The van der Waals surface area contributed by atoms with Crippen LogP contribution in [0.5, 0.6) is 0 Å². The third-order valence-corrected chi connectivity index (χ3v) is 4.45. The van der Waals surface area contributed by atoms with Gasteiger partial charge in [0.25, 0.3) is 5.91 Å². The number of nitrogens with one attached hydrogen (secondary N) is 1. The van der Waals surface area contributed by atoms with Gasteiger partial charge in [0, 0.05) is 24.4 Å². The summed E-state index contributed by atoms with van der Waals surface area (Å²) in [6.45, 7) is 2.83. The van der Waals surface area contributed by atoms with E-state index in [1.807, 2.05) is 41.2 Å². The molecular formula is C17H19N5OS. The molecule has 0 bridgehead atoms. The van der Waals surface area contributed by atoms with Gasteiger partial charge in [0.15, 0.2) is 0 Å². The topological polar surface area (TPSA) is 72.7 Å². The SMILES string of the molecule is CCCCc1nnc(NC(=O)c2ccc(Cn3cccn3)cc2)s1. The molecule has 1 amide bonds. The van der Waals surface area contributed by atoms with E-state index in [1.165, 1.54) is 11.3 Å². The van der Waals surface area contributed by atoms with Gasteiger partial charge in [0.05, 0.1) is 6.54 Å². The highest BCUT2D eigenvalue weighted by Gasteiger charge is 2.10. The Morgan fingerprint density at radius 2 is 2.08 bits per heavy atom. The van der Waals surface area contributed by atoms with Gasteiger partial charge in [-0.3, -0.25) is 14.8 Å². The summed E-state index contributed by atoms with van der Waals surface area (Å²) in [6.07, 6.45) is 6.77. The van der Waals surface area contributed by atoms with E-state index < -0.39 is 0 Å². The number of rotatable bonds is 7. The van der Waals surface area contributed by atoms with Crippen molar-refractivity contribution in [3.8, 4) is 0 Å². The van der Waals surface area contributed by atoms with Crippen LogP contribution in [0.4, 0.5) is 5.13 Å². The minimum atomic E-state index is -0.168. The lowest BCUT2D eigenvalue weighted by atomic mass is 10.1. The summed E-state index contributed by atoms with van der Waals surface area (Å²) in [4.78, 5) is 12.3. The highest BCUT2D eigenvalue weighted by molar-refractivity contribution is 7.15. The molecule has 0 radical (unpaired) electrons. The zero-order valence-corrected chi connectivity index (χ0v) is 14.3. The Morgan fingerprint density at radius 1 is 1.25 bits per heavy atom. The van der Waals surface area contributed by atoms with Crippen LogP contribution >= 0.6 is 11.3 Å². The van der Waals surface area contributed by atoms with E-state index >= 15 is 0 Å². The molecule has 1 N–H and O–H groups in total. The van der Waals surface area contributed by atoms with E-state index in [4.69, 9.17) is 0 Å². The molecule has 2 aromatic heterocycles. The number of unbranched alkanes of at least 4 members (excludes halogenated alkanes) is 1. The van der Waals surface area contributed by atoms with Crippen LogP contribution in [-0.2, 0) is 13.0 Å². The second kappa shape index (κ2) is 7.83. The van der Waals surface area contributed by atoms with Gasteiger partial charge in [-0.1, -0.05) is 36.8 Å². The highest BCUT2D eigenvalue weighted by Crippen LogP contribution is 2.18. The second-order valence-electron chi connectivity index (χ2n) is 5.46. The molecule has 0 saturated heterocycles. The lowest BCUT2D eigenvalue weighted by Gasteiger charge is -2.04. The Bertz CT molecular complexity index is 780. The first-order chi connectivity index (χ1) is 11.7. The predicted molar refractivity (Wildman–Crippen MR) is 94.2 cm³/mol. The van der Waals surface area contributed by atoms with Crippen LogP contribution in [0.2, 0.25) is 0 Å². The first-order valence-corrected chi connectivity index (χ1v) is 8.76. The molecule has 0 aliphatic heterocycles. The standard InChI is InChI=1S/C17H19N5OS/c1-2-3-5-15-20-21-17(24-15)19-16(23)14-8-6-13(7-9-14)12-22-11-4-10-18-22/h4,6-11H,2-3,5,12H2,1H3,(H,19,21,23). The zero-order chi connectivity index (χ0) is 16.8. The number of aryl methyl sites for hydroxylation is 1. The molecule has 0 aliphatic rings. The number of amides is 1. The molecule has 0 atom stereocenters. The number of aromatic nitrogens is 4. The first kappa shape index (κ1) is 16.3. The summed E-state index contributed by atoms with van der Waals surface area (Å²) in [5.74, 6) is -0.168. The maximum Gasteiger partial charge on any atom is 0.257 e. The summed E-state index contributed by atoms with van der Waals surface area (Å²) < 4.78 is 1.84. The minimum Gasteiger partial charge on any atom is -0.296 e. The van der Waals surface area contributed by atoms with Crippen molar-refractivity contribution in [2.24, 2.45) is 0 Å². The van der Waals surface area contributed by atoms with Crippen molar-refractivity contribution in [1.29, 1.82) is 0 Å². The molecule has 0 aliphatic carbocycles. The Kier molecular flexibility index (Phi) is 5.32. The molecule has 3 rings (SSSR count). The summed E-state index contributed by atoms with van der Waals surface area (Å²) in [5, 5.41) is 16.6. The monoisotopic (exact) mass is 341 g/mol. The molecule has 7 heteroatoms. The van der Waals surface area contributed by atoms with Crippen LogP contribution in [0, 0.1) is 0 Å². The van der Waals surface area contributed by atoms with Crippen molar-refractivity contribution in [3.63, 3.8) is 0 Å². The average Bonchev–Trinajstić information content (AvgIpc) is 3.25. The Morgan fingerprint density at radius 3 is 2.79 bits per heavy atom. The fraction of sp³-hybridized carbons (Fsp3) is 0.294. The van der Waals surface area contributed by atoms with Gasteiger partial charge >= 0.3 is 0 Å². The highest BCUT2D eigenvalue weighted by atomic mass is 32.1. The van der Waals surface area contributed by atoms with Crippen LogP contribution in [0.15, 0.2) is 42.7 Å². The number of hydrogen-bond acceptors (Lipinski definition) is 5. The molecular weight excluding hydrogens is 322 g/mol. The third-order valence-electron chi connectivity index (χ3n) is 3.55. The molecule has 0 spiro atoms. The van der Waals surface area contributed by atoms with E-state index in [0.717, 1.165) is 29.8 Å². The fourth-order valence-corrected chi connectivity index (χ4v) is 3.02. The minimum absolute atomic E-state index is 0.168. The van der Waals surface area contributed by atoms with Crippen molar-refractivity contribution in [2.45, 2.75) is 32.7 Å². The summed E-state index contributed by atoms with van der Waals surface area (Å²) in [7, 11) is 0. The molecule has 124 valence electrons. The van der Waals surface area contributed by atoms with Crippen LogP contribution in [0.3, 0.4) is 0 Å². The third kappa shape index (κ3) is 4.26. The molecule has 0 saturated carbocycles. The van der Waals surface area contributed by atoms with E-state index in [9.17, 15) is 4.79 Å². The van der Waals surface area contributed by atoms with E-state index in [-0.39, 0.29) is 5.91 Å². The van der Waals surface area contributed by atoms with Crippen molar-refractivity contribution in [1.82, 2.24) is 20.0 Å². The molecule has 2 heterocycles. The molecule has 24 heavy (non-hydrogen) atoms. The van der Waals surface area contributed by atoms with Crippen molar-refractivity contribution < 1.29 is 4.79 Å². The van der Waals surface area contributed by atoms with Gasteiger partial charge in [0.1, 0.15) is 5.01 Å². The average molecular weight is 341 g/mol. The molecule has 0 fully saturated rings. The van der Waals surface area contributed by atoms with E-state index in [0.29, 0.717) is 17.2 Å². The maximum atomic E-state index is 12.3. The van der Waals surface area contributed by atoms with Gasteiger partial charge in [-0.2, -0.15) is 5.10 Å². The first-order valence-electron chi connectivity index (χ1n) is 7.94. The van der Waals surface area contributed by atoms with Crippen LogP contribution in [0.1, 0.15) is 40.7 Å². The number of hydrogen-bond donors (Lipinski definition) is 1. The van der Waals surface area contributed by atoms with Crippen LogP contribution < -0.4 is 5.32 Å². The van der Waals surface area contributed by atoms with Gasteiger partial charge in [-0.05, 0) is 30.2 Å². The Balaban J connectivity index is 1.59. The van der Waals surface area contributed by atoms with E-state index in [1.54, 1.807) is 6.20 Å². The molecule has 0 unspecified atom stereocenters. The zero-order valence-electron chi connectivity index (χ0n) is 13.5. The number of carbonyl (C=O) groups excluding carboxylic acids is 1. The quantitative estimate of drug-likeness (QED) is 0.715. The van der Waals surface area contributed by atoms with Gasteiger partial charge in [-0.25, -0.2) is 0 Å². The lowest BCUT2D eigenvalue weighted by molar-refractivity contribution is 0.102. The summed E-state index contributed by atoms with van der Waals surface area (Å²) >= 11 is 1.44. The van der Waals surface area contributed by atoms with Gasteiger partial charge in [0.2, 0.25) is 5.13 Å². The number of carbonyl (C=O) groups is 1. The fourth-order valence-electron chi connectivity index (χ4n) is 2.25. The molecule has 1 aromatic carbocycles. The summed E-state index contributed by atoms with van der Waals surface area (Å²) in [6, 6.07) is 9.38. The number of anilines is 1. The van der Waals surface area contributed by atoms with E-state index in [2.05, 4.69) is 27.5 Å². The van der Waals surface area contributed by atoms with Gasteiger partial charge < -0.3 is 0 Å². The number of benzene rings is 1. The van der Waals surface area contributed by atoms with Gasteiger partial charge in [-0.15, -0.1) is 10.2 Å². The second-order valence-corrected chi connectivity index (χ2v) is 6.52. The molecule has 3 aromatic rings. The van der Waals surface area contributed by atoms with Crippen LogP contribution in [0.25, 0.3) is 0 Å². The maximum absolute atomic E-state index is 12.3. The summed E-state index contributed by atoms with van der Waals surface area (Å²) in [5.41, 5.74) is 1.69. The van der Waals surface area contributed by atoms with Crippen molar-refractivity contribution >= 4 is 22.4 Å². The normalized spacial score (nSPS) is 10.7. The van der Waals surface area contributed by atoms with Crippen molar-refractivity contribution in [3.05, 3.63) is 58.9 Å². The molecule has 6 nitrogen and oxygen atoms in total. The predicted octanol–water partition coefficient (Wildman–Crippen LogP) is 3.38. The lowest BCUT2D eigenvalue weighted by Crippen LogP contribution is -2.11. The van der Waals surface area contributed by atoms with Crippen LogP contribution in [-0.4, -0.2) is 25.9 Å². The van der Waals surface area contributed by atoms with Crippen molar-refractivity contribution in [2.75, 3.05) is 5.32 Å². The smallest absolute Gasteiger partial charge is 0.257 e. The largest absolute Gasteiger partial charge is 0.296 e. The Labute approximate surface area is 144 Å². The number of nitrogens with zero attached hydrogens (tertiary/aromatic N) is 4. The Hall–Kier alpha value is -2.54.